The first-order chi connectivity index (χ1) is 8.83. The fourth-order valence-electron chi connectivity index (χ4n) is 1.58. The minimum absolute atomic E-state index is 0.0957. The van der Waals surface area contributed by atoms with Crippen LogP contribution in [-0.2, 0) is 9.59 Å². The molecular weight excluding hydrogens is 250 g/mol. The summed E-state index contributed by atoms with van der Waals surface area (Å²) in [6.07, 6.45) is 2.07. The van der Waals surface area contributed by atoms with Crippen molar-refractivity contribution in [2.45, 2.75) is 26.3 Å². The number of carbonyl (C=O) groups is 3. The van der Waals surface area contributed by atoms with Gasteiger partial charge in [-0.25, -0.2) is 4.79 Å². The highest BCUT2D eigenvalue weighted by atomic mass is 16.4. The van der Waals surface area contributed by atoms with Crippen molar-refractivity contribution >= 4 is 17.9 Å². The minimum atomic E-state index is -1.13. The quantitative estimate of drug-likeness (QED) is 0.546. The predicted octanol–water partition coefficient (Wildman–Crippen LogP) is 0.169. The van der Waals surface area contributed by atoms with Crippen LogP contribution in [0.15, 0.2) is 12.7 Å². The van der Waals surface area contributed by atoms with E-state index in [9.17, 15) is 14.4 Å². The maximum atomic E-state index is 12.2. The maximum absolute atomic E-state index is 12.2. The van der Waals surface area contributed by atoms with Gasteiger partial charge in [-0.3, -0.25) is 9.59 Å². The highest BCUT2D eigenvalue weighted by Gasteiger charge is 2.29. The zero-order chi connectivity index (χ0) is 15.0. The van der Waals surface area contributed by atoms with Crippen LogP contribution in [0, 0.1) is 5.92 Å². The standard InChI is InChI=1S/C12H21N3O4/c1-4-6-15(7-9(16)17)11(18)10(8(3)5-2)14-12(13)19/h4,8,10H,1,5-7H2,2-3H3,(H,16,17)(H3,13,14,19). The molecule has 2 unspecified atom stereocenters. The number of nitrogens with one attached hydrogen (secondary N) is 1. The summed E-state index contributed by atoms with van der Waals surface area (Å²) < 4.78 is 0. The number of aliphatic carboxylic acids is 1. The molecule has 0 aromatic rings. The van der Waals surface area contributed by atoms with E-state index in [1.54, 1.807) is 6.92 Å². The normalized spacial score (nSPS) is 13.2. The molecule has 3 amide bonds. The van der Waals surface area contributed by atoms with Crippen molar-refractivity contribution in [3.63, 3.8) is 0 Å². The fourth-order valence-corrected chi connectivity index (χ4v) is 1.58. The third-order valence-electron chi connectivity index (χ3n) is 2.76. The second kappa shape index (κ2) is 8.12. The third-order valence-corrected chi connectivity index (χ3v) is 2.76. The lowest BCUT2D eigenvalue weighted by molar-refractivity contribution is -0.145. The smallest absolute Gasteiger partial charge is 0.323 e. The summed E-state index contributed by atoms with van der Waals surface area (Å²) in [6.45, 7) is 6.77. The summed E-state index contributed by atoms with van der Waals surface area (Å²) in [6, 6.07) is -1.64. The number of amides is 3. The first-order valence-corrected chi connectivity index (χ1v) is 6.00. The van der Waals surface area contributed by atoms with Gasteiger partial charge in [-0.15, -0.1) is 6.58 Å². The molecule has 0 fully saturated rings. The zero-order valence-corrected chi connectivity index (χ0v) is 11.3. The van der Waals surface area contributed by atoms with Crippen molar-refractivity contribution in [3.05, 3.63) is 12.7 Å². The number of urea groups is 1. The molecule has 7 heteroatoms. The van der Waals surface area contributed by atoms with Gasteiger partial charge in [0.25, 0.3) is 0 Å². The first kappa shape index (κ1) is 16.9. The average Bonchev–Trinajstić information content (AvgIpc) is 2.33. The first-order valence-electron chi connectivity index (χ1n) is 6.00. The summed E-state index contributed by atoms with van der Waals surface area (Å²) in [4.78, 5) is 35.0. The van der Waals surface area contributed by atoms with E-state index in [0.717, 1.165) is 4.90 Å². The van der Waals surface area contributed by atoms with Crippen LogP contribution in [0.5, 0.6) is 0 Å². The molecular formula is C12H21N3O4. The van der Waals surface area contributed by atoms with Gasteiger partial charge >= 0.3 is 12.0 Å². The van der Waals surface area contributed by atoms with Crippen LogP contribution in [0.4, 0.5) is 4.79 Å². The van der Waals surface area contributed by atoms with Crippen molar-refractivity contribution in [1.82, 2.24) is 10.2 Å². The highest BCUT2D eigenvalue weighted by Crippen LogP contribution is 2.11. The number of nitrogens with zero attached hydrogens (tertiary/aromatic N) is 1. The molecule has 0 spiro atoms. The summed E-state index contributed by atoms with van der Waals surface area (Å²) in [7, 11) is 0. The average molecular weight is 271 g/mol. The van der Waals surface area contributed by atoms with E-state index in [1.807, 2.05) is 6.92 Å². The van der Waals surface area contributed by atoms with Crippen LogP contribution in [0.1, 0.15) is 20.3 Å². The molecule has 0 heterocycles. The number of carboxylic acid groups (broad SMARTS) is 1. The molecule has 0 bridgehead atoms. The lowest BCUT2D eigenvalue weighted by Gasteiger charge is -2.28. The molecule has 0 aliphatic rings. The van der Waals surface area contributed by atoms with Crippen molar-refractivity contribution < 1.29 is 19.5 Å². The summed E-state index contributed by atoms with van der Waals surface area (Å²) in [5.74, 6) is -1.76. The Morgan fingerprint density at radius 3 is 2.42 bits per heavy atom. The Kier molecular flexibility index (Phi) is 7.25. The van der Waals surface area contributed by atoms with Crippen molar-refractivity contribution in [3.8, 4) is 0 Å². The molecule has 0 aromatic heterocycles. The van der Waals surface area contributed by atoms with Crippen molar-refractivity contribution in [2.24, 2.45) is 11.7 Å². The molecule has 2 atom stereocenters. The van der Waals surface area contributed by atoms with Gasteiger partial charge in [-0.1, -0.05) is 26.3 Å². The number of hydrogen-bond acceptors (Lipinski definition) is 3. The van der Waals surface area contributed by atoms with Gasteiger partial charge in [0.05, 0.1) is 0 Å². The maximum Gasteiger partial charge on any atom is 0.323 e. The monoisotopic (exact) mass is 271 g/mol. The van der Waals surface area contributed by atoms with Gasteiger partial charge in [0, 0.05) is 6.54 Å². The molecule has 0 aliphatic heterocycles. The summed E-state index contributed by atoms with van der Waals surface area (Å²) in [5.41, 5.74) is 5.04. The lowest BCUT2D eigenvalue weighted by atomic mass is 9.98. The van der Waals surface area contributed by atoms with E-state index < -0.39 is 30.5 Å². The number of rotatable bonds is 8. The Morgan fingerprint density at radius 1 is 1.47 bits per heavy atom. The van der Waals surface area contributed by atoms with Gasteiger partial charge < -0.3 is 21.1 Å². The molecule has 7 nitrogen and oxygen atoms in total. The second-order valence-corrected chi connectivity index (χ2v) is 4.27. The molecule has 0 aliphatic carbocycles. The summed E-state index contributed by atoms with van der Waals surface area (Å²) in [5, 5.41) is 11.1. The number of carboxylic acids is 1. The molecule has 0 saturated heterocycles. The highest BCUT2D eigenvalue weighted by molar-refractivity contribution is 5.89. The van der Waals surface area contributed by atoms with Crippen LogP contribution in [0.3, 0.4) is 0 Å². The molecule has 19 heavy (non-hydrogen) atoms. The molecule has 0 rings (SSSR count). The third kappa shape index (κ3) is 5.89. The van der Waals surface area contributed by atoms with Crippen LogP contribution in [0.2, 0.25) is 0 Å². The van der Waals surface area contributed by atoms with Crippen molar-refractivity contribution in [1.29, 1.82) is 0 Å². The van der Waals surface area contributed by atoms with Crippen molar-refractivity contribution in [2.75, 3.05) is 13.1 Å². The molecule has 4 N–H and O–H groups in total. The van der Waals surface area contributed by atoms with E-state index in [2.05, 4.69) is 11.9 Å². The van der Waals surface area contributed by atoms with Gasteiger partial charge in [0.15, 0.2) is 0 Å². The molecule has 0 saturated carbocycles. The van der Waals surface area contributed by atoms with Crippen LogP contribution >= 0.6 is 0 Å². The lowest BCUT2D eigenvalue weighted by Crippen LogP contribution is -2.54. The minimum Gasteiger partial charge on any atom is -0.480 e. The topological polar surface area (TPSA) is 113 Å². The van der Waals surface area contributed by atoms with E-state index >= 15 is 0 Å². The number of carbonyl (C=O) groups excluding carboxylic acids is 2. The van der Waals surface area contributed by atoms with Crippen LogP contribution in [-0.4, -0.2) is 47.0 Å². The van der Waals surface area contributed by atoms with E-state index in [1.165, 1.54) is 6.08 Å². The predicted molar refractivity (Wildman–Crippen MR) is 70.4 cm³/mol. The van der Waals surface area contributed by atoms with Crippen LogP contribution < -0.4 is 11.1 Å². The van der Waals surface area contributed by atoms with E-state index in [0.29, 0.717) is 6.42 Å². The Morgan fingerprint density at radius 2 is 2.05 bits per heavy atom. The molecule has 0 aromatic carbocycles. The zero-order valence-electron chi connectivity index (χ0n) is 11.3. The van der Waals surface area contributed by atoms with E-state index in [4.69, 9.17) is 10.8 Å². The second-order valence-electron chi connectivity index (χ2n) is 4.27. The fraction of sp³-hybridized carbons (Fsp3) is 0.583. The Labute approximate surface area is 112 Å². The van der Waals surface area contributed by atoms with Crippen LogP contribution in [0.25, 0.3) is 0 Å². The van der Waals surface area contributed by atoms with E-state index in [-0.39, 0.29) is 12.5 Å². The SMILES string of the molecule is C=CCN(CC(=O)O)C(=O)C(NC(N)=O)C(C)CC. The number of nitrogens with two attached hydrogens (primary N) is 1. The van der Waals surface area contributed by atoms with Gasteiger partial charge in [-0.2, -0.15) is 0 Å². The Bertz CT molecular complexity index is 357. The van der Waals surface area contributed by atoms with Gasteiger partial charge in [-0.05, 0) is 5.92 Å². The number of hydrogen-bond donors (Lipinski definition) is 3. The number of primary amides is 1. The largest absolute Gasteiger partial charge is 0.480 e. The van der Waals surface area contributed by atoms with Gasteiger partial charge in [0.2, 0.25) is 5.91 Å². The summed E-state index contributed by atoms with van der Waals surface area (Å²) >= 11 is 0. The molecule has 108 valence electrons. The Balaban J connectivity index is 5.03. The van der Waals surface area contributed by atoms with Gasteiger partial charge in [0.1, 0.15) is 12.6 Å². The Hall–Kier alpha value is -2.05. The molecule has 0 radical (unpaired) electrons.